The average Bonchev–Trinajstić information content (AvgIpc) is 3.05. The molecule has 2 atom stereocenters. The van der Waals surface area contributed by atoms with Crippen LogP contribution in [0.4, 0.5) is 5.69 Å². The normalized spacial score (nSPS) is 25.5. The highest BCUT2D eigenvalue weighted by Crippen LogP contribution is 2.47. The molecule has 128 valence electrons. The number of benzene rings is 1. The number of nitrogens with zero attached hydrogens (tertiary/aromatic N) is 1. The summed E-state index contributed by atoms with van der Waals surface area (Å²) in [6.45, 7) is 1.99. The number of methoxy groups -OCH3 is 1. The van der Waals surface area contributed by atoms with E-state index in [2.05, 4.69) is 10.1 Å². The summed E-state index contributed by atoms with van der Waals surface area (Å²) in [5, 5.41) is 3.02. The number of fused-ring (bicyclic) bond motifs is 1. The summed E-state index contributed by atoms with van der Waals surface area (Å²) >= 11 is 7.60. The van der Waals surface area contributed by atoms with Gasteiger partial charge < -0.3 is 15.0 Å². The molecule has 2 fully saturated rings. The Balaban J connectivity index is 1.78. The van der Waals surface area contributed by atoms with Crippen molar-refractivity contribution < 1.29 is 19.1 Å². The van der Waals surface area contributed by atoms with Crippen molar-refractivity contribution >= 4 is 46.8 Å². The molecule has 0 spiro atoms. The zero-order chi connectivity index (χ0) is 17.5. The second kappa shape index (κ2) is 6.29. The van der Waals surface area contributed by atoms with E-state index in [1.54, 1.807) is 22.7 Å². The lowest BCUT2D eigenvalue weighted by molar-refractivity contribution is -0.135. The van der Waals surface area contributed by atoms with Crippen molar-refractivity contribution in [2.24, 2.45) is 0 Å². The van der Waals surface area contributed by atoms with Crippen LogP contribution in [0.25, 0.3) is 0 Å². The molecule has 0 aliphatic carbocycles. The highest BCUT2D eigenvalue weighted by Gasteiger charge is 2.52. The summed E-state index contributed by atoms with van der Waals surface area (Å²) in [4.78, 5) is 37.8. The van der Waals surface area contributed by atoms with Gasteiger partial charge in [0.2, 0.25) is 11.8 Å². The number of carbonyl (C=O) groups excluding carboxylic acids is 3. The Morgan fingerprint density at radius 1 is 1.46 bits per heavy atom. The quantitative estimate of drug-likeness (QED) is 0.830. The molecule has 8 heteroatoms. The van der Waals surface area contributed by atoms with Crippen molar-refractivity contribution in [3.8, 4) is 0 Å². The number of carbonyl (C=O) groups is 3. The molecule has 0 radical (unpaired) electrons. The van der Waals surface area contributed by atoms with Crippen LogP contribution in [0.2, 0.25) is 5.02 Å². The molecule has 1 N–H and O–H groups in total. The molecule has 0 aromatic heterocycles. The zero-order valence-corrected chi connectivity index (χ0v) is 14.9. The van der Waals surface area contributed by atoms with E-state index in [4.69, 9.17) is 11.6 Å². The first-order chi connectivity index (χ1) is 11.4. The Morgan fingerprint density at radius 2 is 2.21 bits per heavy atom. The molecule has 2 aliphatic heterocycles. The number of amides is 2. The predicted molar refractivity (Wildman–Crippen MR) is 92.2 cm³/mol. The van der Waals surface area contributed by atoms with Crippen LogP contribution >= 0.6 is 23.4 Å². The fourth-order valence-corrected chi connectivity index (χ4v) is 4.74. The SMILES string of the molecule is COC(=O)c1cc(NC(=O)[C@@H]2CS[C@@]3(C)CCC(=O)N23)ccc1Cl. The maximum absolute atomic E-state index is 12.6. The van der Waals surface area contributed by atoms with Crippen LogP contribution < -0.4 is 5.32 Å². The first-order valence-corrected chi connectivity index (χ1v) is 8.87. The first-order valence-electron chi connectivity index (χ1n) is 7.50. The van der Waals surface area contributed by atoms with Gasteiger partial charge >= 0.3 is 5.97 Å². The summed E-state index contributed by atoms with van der Waals surface area (Å²) in [6.07, 6.45) is 1.23. The molecule has 2 heterocycles. The standard InChI is InChI=1S/C16H17ClN2O4S/c1-16-6-5-13(20)19(16)12(8-24-16)14(21)18-9-3-4-11(17)10(7-9)15(22)23-2/h3-4,7,12H,5-6,8H2,1-2H3,(H,18,21)/t12-,16-/m0/s1. The molecular weight excluding hydrogens is 352 g/mol. The number of thioether (sulfide) groups is 1. The maximum atomic E-state index is 12.6. The Bertz CT molecular complexity index is 726. The Labute approximate surface area is 148 Å². The van der Waals surface area contributed by atoms with Crippen molar-refractivity contribution in [2.45, 2.75) is 30.7 Å². The van der Waals surface area contributed by atoms with Crippen LogP contribution in [0.3, 0.4) is 0 Å². The number of halogens is 1. The summed E-state index contributed by atoms with van der Waals surface area (Å²) in [6, 6.07) is 4.10. The van der Waals surface area contributed by atoms with Crippen molar-refractivity contribution in [1.29, 1.82) is 0 Å². The number of esters is 1. The van der Waals surface area contributed by atoms with E-state index >= 15 is 0 Å². The molecule has 1 aromatic carbocycles. The van der Waals surface area contributed by atoms with Crippen molar-refractivity contribution in [3.63, 3.8) is 0 Å². The maximum Gasteiger partial charge on any atom is 0.339 e. The first kappa shape index (κ1) is 17.1. The van der Waals surface area contributed by atoms with Crippen LogP contribution in [0.1, 0.15) is 30.1 Å². The number of nitrogens with one attached hydrogen (secondary N) is 1. The van der Waals surface area contributed by atoms with Gasteiger partial charge in [0.15, 0.2) is 0 Å². The molecule has 2 aliphatic rings. The van der Waals surface area contributed by atoms with Crippen LogP contribution in [-0.4, -0.2) is 46.5 Å². The molecular formula is C16H17ClN2O4S. The lowest BCUT2D eigenvalue weighted by Crippen LogP contribution is -2.48. The van der Waals surface area contributed by atoms with E-state index in [9.17, 15) is 14.4 Å². The van der Waals surface area contributed by atoms with Gasteiger partial charge in [-0.2, -0.15) is 0 Å². The molecule has 6 nitrogen and oxygen atoms in total. The van der Waals surface area contributed by atoms with Gasteiger partial charge in [-0.1, -0.05) is 11.6 Å². The number of hydrogen-bond acceptors (Lipinski definition) is 5. The fraction of sp³-hybridized carbons (Fsp3) is 0.438. The van der Waals surface area contributed by atoms with Gasteiger partial charge in [-0.25, -0.2) is 4.79 Å². The van der Waals surface area contributed by atoms with Gasteiger partial charge in [-0.15, -0.1) is 11.8 Å². The zero-order valence-electron chi connectivity index (χ0n) is 13.3. The van der Waals surface area contributed by atoms with Gasteiger partial charge in [0.25, 0.3) is 0 Å². The third-order valence-electron chi connectivity index (χ3n) is 4.39. The monoisotopic (exact) mass is 368 g/mol. The van der Waals surface area contributed by atoms with Gasteiger partial charge in [0.05, 0.1) is 22.6 Å². The highest BCUT2D eigenvalue weighted by molar-refractivity contribution is 8.01. The number of rotatable bonds is 3. The van der Waals surface area contributed by atoms with E-state index in [1.165, 1.54) is 19.2 Å². The average molecular weight is 369 g/mol. The third-order valence-corrected chi connectivity index (χ3v) is 6.22. The minimum absolute atomic E-state index is 0.00834. The predicted octanol–water partition coefficient (Wildman–Crippen LogP) is 2.52. The molecule has 0 bridgehead atoms. The van der Waals surface area contributed by atoms with Crippen molar-refractivity contribution in [3.05, 3.63) is 28.8 Å². The van der Waals surface area contributed by atoms with E-state index in [-0.39, 0.29) is 27.3 Å². The van der Waals surface area contributed by atoms with E-state index in [0.29, 0.717) is 17.9 Å². The van der Waals surface area contributed by atoms with Gasteiger partial charge in [-0.05, 0) is 31.5 Å². The smallest absolute Gasteiger partial charge is 0.339 e. The largest absolute Gasteiger partial charge is 0.465 e. The molecule has 2 saturated heterocycles. The number of ether oxygens (including phenoxy) is 1. The molecule has 24 heavy (non-hydrogen) atoms. The van der Waals surface area contributed by atoms with Gasteiger partial charge in [0, 0.05) is 17.9 Å². The topological polar surface area (TPSA) is 75.7 Å². The Morgan fingerprint density at radius 3 is 2.92 bits per heavy atom. The second-order valence-electron chi connectivity index (χ2n) is 5.94. The summed E-state index contributed by atoms with van der Waals surface area (Å²) in [5.41, 5.74) is 0.620. The molecule has 1 aromatic rings. The van der Waals surface area contributed by atoms with Crippen LogP contribution in [0.5, 0.6) is 0 Å². The Kier molecular flexibility index (Phi) is 4.48. The van der Waals surface area contributed by atoms with Crippen molar-refractivity contribution in [1.82, 2.24) is 4.90 Å². The molecule has 3 rings (SSSR count). The van der Waals surface area contributed by atoms with E-state index in [1.807, 2.05) is 6.92 Å². The molecule has 2 amide bonds. The van der Waals surface area contributed by atoms with Crippen molar-refractivity contribution in [2.75, 3.05) is 18.2 Å². The van der Waals surface area contributed by atoms with E-state index < -0.39 is 12.0 Å². The molecule has 0 unspecified atom stereocenters. The summed E-state index contributed by atoms with van der Waals surface area (Å²) in [5.74, 6) is -0.269. The molecule has 0 saturated carbocycles. The van der Waals surface area contributed by atoms with Gasteiger partial charge in [0.1, 0.15) is 6.04 Å². The van der Waals surface area contributed by atoms with Crippen LogP contribution in [-0.2, 0) is 14.3 Å². The minimum atomic E-state index is -0.574. The second-order valence-corrected chi connectivity index (χ2v) is 7.85. The van der Waals surface area contributed by atoms with Crippen LogP contribution in [0.15, 0.2) is 18.2 Å². The Hall–Kier alpha value is -1.73. The third kappa shape index (κ3) is 2.86. The lowest BCUT2D eigenvalue weighted by atomic mass is 10.1. The number of hydrogen-bond donors (Lipinski definition) is 1. The summed E-state index contributed by atoms with van der Waals surface area (Å²) < 4.78 is 4.67. The summed E-state index contributed by atoms with van der Waals surface area (Å²) in [7, 11) is 1.26. The fourth-order valence-electron chi connectivity index (χ4n) is 3.11. The van der Waals surface area contributed by atoms with Crippen LogP contribution in [0, 0.1) is 0 Å². The van der Waals surface area contributed by atoms with E-state index in [0.717, 1.165) is 6.42 Å². The van der Waals surface area contributed by atoms with Gasteiger partial charge in [-0.3, -0.25) is 9.59 Å². The minimum Gasteiger partial charge on any atom is -0.465 e. The number of anilines is 1. The lowest BCUT2D eigenvalue weighted by Gasteiger charge is -2.29. The highest BCUT2D eigenvalue weighted by atomic mass is 35.5.